The largest absolute Gasteiger partial charge is 0.372 e. The van der Waals surface area contributed by atoms with Crippen molar-refractivity contribution in [1.82, 2.24) is 4.98 Å². The van der Waals surface area contributed by atoms with E-state index in [2.05, 4.69) is 34.3 Å². The zero-order chi connectivity index (χ0) is 20.0. The quantitative estimate of drug-likeness (QED) is 0.641. The number of halogens is 1. The van der Waals surface area contributed by atoms with Gasteiger partial charge in [0.05, 0.1) is 5.41 Å². The SMILES string of the molecule is CC1CCN(c2ccc(NC(=O)C3(c4c[nH]c5cc(F)ccc45)CC3)cc2)CC1. The van der Waals surface area contributed by atoms with E-state index >= 15 is 0 Å². The molecule has 2 N–H and O–H groups in total. The van der Waals surface area contributed by atoms with Crippen molar-refractivity contribution in [2.75, 3.05) is 23.3 Å². The predicted octanol–water partition coefficient (Wildman–Crippen LogP) is 5.21. The van der Waals surface area contributed by atoms with Crippen LogP contribution in [0.2, 0.25) is 0 Å². The fourth-order valence-electron chi connectivity index (χ4n) is 4.51. The van der Waals surface area contributed by atoms with Gasteiger partial charge in [-0.3, -0.25) is 4.79 Å². The average Bonchev–Trinajstić information content (AvgIpc) is 3.43. The van der Waals surface area contributed by atoms with Gasteiger partial charge in [0.15, 0.2) is 0 Å². The second-order valence-corrected chi connectivity index (χ2v) is 8.64. The van der Waals surface area contributed by atoms with Crippen LogP contribution < -0.4 is 10.2 Å². The summed E-state index contributed by atoms with van der Waals surface area (Å²) in [4.78, 5) is 18.6. The lowest BCUT2D eigenvalue weighted by Crippen LogP contribution is -2.32. The summed E-state index contributed by atoms with van der Waals surface area (Å²) >= 11 is 0. The van der Waals surface area contributed by atoms with E-state index in [4.69, 9.17) is 0 Å². The van der Waals surface area contributed by atoms with E-state index in [1.165, 1.54) is 30.7 Å². The summed E-state index contributed by atoms with van der Waals surface area (Å²) < 4.78 is 13.5. The monoisotopic (exact) mass is 391 g/mol. The van der Waals surface area contributed by atoms with Crippen LogP contribution in [0.3, 0.4) is 0 Å². The van der Waals surface area contributed by atoms with Crippen molar-refractivity contribution >= 4 is 28.2 Å². The van der Waals surface area contributed by atoms with Crippen LogP contribution in [0.15, 0.2) is 48.7 Å². The van der Waals surface area contributed by atoms with Crippen molar-refractivity contribution in [3.8, 4) is 0 Å². The molecule has 5 heteroatoms. The molecule has 0 radical (unpaired) electrons. The Bertz CT molecular complexity index is 1040. The standard InChI is InChI=1S/C24H26FN3O/c1-16-8-12-28(13-9-16)19-5-3-18(4-6-19)27-23(29)24(10-11-24)21-15-26-22-14-17(25)2-7-20(21)22/h2-7,14-16,26H,8-13H2,1H3,(H,27,29). The Hall–Kier alpha value is -2.82. The van der Waals surface area contributed by atoms with E-state index in [9.17, 15) is 9.18 Å². The average molecular weight is 391 g/mol. The number of carbonyl (C=O) groups excluding carboxylic acids is 1. The molecule has 0 bridgehead atoms. The Kier molecular flexibility index (Phi) is 4.34. The Morgan fingerprint density at radius 3 is 2.55 bits per heavy atom. The highest BCUT2D eigenvalue weighted by molar-refractivity contribution is 6.04. The summed E-state index contributed by atoms with van der Waals surface area (Å²) in [5.41, 5.74) is 3.22. The summed E-state index contributed by atoms with van der Waals surface area (Å²) in [6.45, 7) is 4.50. The number of benzene rings is 2. The van der Waals surface area contributed by atoms with Gasteiger partial charge >= 0.3 is 0 Å². The molecule has 0 spiro atoms. The molecule has 1 aliphatic carbocycles. The summed E-state index contributed by atoms with van der Waals surface area (Å²) in [6.07, 6.45) is 5.95. The molecular weight excluding hydrogens is 365 g/mol. The van der Waals surface area contributed by atoms with E-state index in [0.717, 1.165) is 54.0 Å². The fraction of sp³-hybridized carbons (Fsp3) is 0.375. The normalized spacial score (nSPS) is 18.8. The highest BCUT2D eigenvalue weighted by atomic mass is 19.1. The second kappa shape index (κ2) is 6.90. The first kappa shape index (κ1) is 18.2. The smallest absolute Gasteiger partial charge is 0.235 e. The van der Waals surface area contributed by atoms with Crippen LogP contribution in [0.25, 0.3) is 10.9 Å². The van der Waals surface area contributed by atoms with Crippen molar-refractivity contribution in [3.05, 3.63) is 60.0 Å². The molecule has 3 aromatic rings. The Morgan fingerprint density at radius 1 is 1.14 bits per heavy atom. The lowest BCUT2D eigenvalue weighted by Gasteiger charge is -2.32. The third-order valence-electron chi connectivity index (χ3n) is 6.62. The summed E-state index contributed by atoms with van der Waals surface area (Å²) in [5.74, 6) is 0.547. The molecule has 4 nitrogen and oxygen atoms in total. The number of carbonyl (C=O) groups is 1. The first-order chi connectivity index (χ1) is 14.0. The third-order valence-corrected chi connectivity index (χ3v) is 6.62. The van der Waals surface area contributed by atoms with Crippen LogP contribution in [0.1, 0.15) is 38.2 Å². The van der Waals surface area contributed by atoms with Gasteiger partial charge in [0.1, 0.15) is 5.82 Å². The molecule has 1 saturated carbocycles. The zero-order valence-corrected chi connectivity index (χ0v) is 16.7. The maximum Gasteiger partial charge on any atom is 0.235 e. The first-order valence-electron chi connectivity index (χ1n) is 10.5. The topological polar surface area (TPSA) is 48.1 Å². The maximum atomic E-state index is 13.5. The van der Waals surface area contributed by atoms with Crippen LogP contribution in [-0.4, -0.2) is 24.0 Å². The minimum absolute atomic E-state index is 0.0160. The lowest BCUT2D eigenvalue weighted by atomic mass is 9.94. The van der Waals surface area contributed by atoms with E-state index in [1.807, 2.05) is 18.3 Å². The molecular formula is C24H26FN3O. The van der Waals surface area contributed by atoms with Crippen molar-refractivity contribution < 1.29 is 9.18 Å². The Morgan fingerprint density at radius 2 is 1.86 bits per heavy atom. The van der Waals surface area contributed by atoms with E-state index in [0.29, 0.717) is 0 Å². The van der Waals surface area contributed by atoms with Crippen molar-refractivity contribution in [2.24, 2.45) is 5.92 Å². The number of rotatable bonds is 4. The molecule has 2 aliphatic rings. The number of amides is 1. The summed E-state index contributed by atoms with van der Waals surface area (Å²) in [5, 5.41) is 4.03. The molecule has 150 valence electrons. The van der Waals surface area contributed by atoms with Gasteiger partial charge in [-0.05, 0) is 79.6 Å². The van der Waals surface area contributed by atoms with Gasteiger partial charge < -0.3 is 15.2 Å². The van der Waals surface area contributed by atoms with Crippen LogP contribution >= 0.6 is 0 Å². The highest BCUT2D eigenvalue weighted by Gasteiger charge is 2.52. The van der Waals surface area contributed by atoms with Gasteiger partial charge in [-0.1, -0.05) is 6.92 Å². The zero-order valence-electron chi connectivity index (χ0n) is 16.7. The van der Waals surface area contributed by atoms with Crippen LogP contribution in [0.4, 0.5) is 15.8 Å². The Labute approximate surface area is 170 Å². The molecule has 0 unspecified atom stereocenters. The first-order valence-corrected chi connectivity index (χ1v) is 10.5. The molecule has 2 fully saturated rings. The molecule has 29 heavy (non-hydrogen) atoms. The van der Waals surface area contributed by atoms with Crippen LogP contribution in [-0.2, 0) is 10.2 Å². The number of aromatic nitrogens is 1. The van der Waals surface area contributed by atoms with Gasteiger partial charge in [0.2, 0.25) is 5.91 Å². The molecule has 2 aromatic carbocycles. The minimum Gasteiger partial charge on any atom is -0.372 e. The van der Waals surface area contributed by atoms with Crippen molar-refractivity contribution in [2.45, 2.75) is 38.0 Å². The number of piperidine rings is 1. The third kappa shape index (κ3) is 3.28. The van der Waals surface area contributed by atoms with Gasteiger partial charge in [0.25, 0.3) is 0 Å². The maximum absolute atomic E-state index is 13.5. The molecule has 0 atom stereocenters. The molecule has 1 amide bonds. The summed E-state index contributed by atoms with van der Waals surface area (Å²) in [7, 11) is 0. The number of hydrogen-bond acceptors (Lipinski definition) is 2. The lowest BCUT2D eigenvalue weighted by molar-refractivity contribution is -0.118. The van der Waals surface area contributed by atoms with E-state index < -0.39 is 5.41 Å². The second-order valence-electron chi connectivity index (χ2n) is 8.64. The van der Waals surface area contributed by atoms with Gasteiger partial charge in [-0.15, -0.1) is 0 Å². The number of hydrogen-bond donors (Lipinski definition) is 2. The number of anilines is 2. The highest BCUT2D eigenvalue weighted by Crippen LogP contribution is 2.51. The van der Waals surface area contributed by atoms with Crippen LogP contribution in [0.5, 0.6) is 0 Å². The van der Waals surface area contributed by atoms with Gasteiger partial charge in [0, 0.05) is 41.6 Å². The van der Waals surface area contributed by atoms with Gasteiger partial charge in [-0.2, -0.15) is 0 Å². The molecule has 5 rings (SSSR count). The molecule has 1 saturated heterocycles. The number of fused-ring (bicyclic) bond motifs is 1. The summed E-state index contributed by atoms with van der Waals surface area (Å²) in [6, 6.07) is 12.9. The predicted molar refractivity (Wildman–Crippen MR) is 115 cm³/mol. The number of aromatic amines is 1. The minimum atomic E-state index is -0.516. The fourth-order valence-corrected chi connectivity index (χ4v) is 4.51. The van der Waals surface area contributed by atoms with Crippen LogP contribution in [0, 0.1) is 11.7 Å². The van der Waals surface area contributed by atoms with Crippen molar-refractivity contribution in [1.29, 1.82) is 0 Å². The molecule has 1 aliphatic heterocycles. The van der Waals surface area contributed by atoms with Gasteiger partial charge in [-0.25, -0.2) is 4.39 Å². The number of nitrogens with zero attached hydrogens (tertiary/aromatic N) is 1. The molecule has 2 heterocycles. The van der Waals surface area contributed by atoms with E-state index in [-0.39, 0.29) is 11.7 Å². The molecule has 1 aromatic heterocycles. The van der Waals surface area contributed by atoms with E-state index in [1.54, 1.807) is 6.07 Å². The number of nitrogens with one attached hydrogen (secondary N) is 2. The number of H-pyrrole nitrogens is 1. The Balaban J connectivity index is 1.32. The van der Waals surface area contributed by atoms with Crippen molar-refractivity contribution in [3.63, 3.8) is 0 Å².